The van der Waals surface area contributed by atoms with E-state index in [1.807, 2.05) is 0 Å². The normalized spacial score (nSPS) is 28.0. The molecule has 22 heteroatoms. The van der Waals surface area contributed by atoms with Crippen LogP contribution in [0, 0.1) is 0 Å². The lowest BCUT2D eigenvalue weighted by atomic mass is 9.97. The first-order valence-electron chi connectivity index (χ1n) is 14.1. The van der Waals surface area contributed by atoms with Crippen molar-refractivity contribution >= 4 is 24.8 Å². The number of ether oxygens (including phenoxy) is 1. The molecule has 0 saturated carbocycles. The highest BCUT2D eigenvalue weighted by atomic mass is 16.6. The molecule has 1 amide bonds. The molecule has 1 saturated heterocycles. The lowest BCUT2D eigenvalue weighted by Gasteiger charge is -2.40. The molecule has 0 spiro atoms. The third-order valence-corrected chi connectivity index (χ3v) is 6.27. The maximum Gasteiger partial charge on any atom is 0.217 e. The van der Waals surface area contributed by atoms with Gasteiger partial charge in [0, 0.05) is 6.92 Å². The number of rotatable bonds is 14. The summed E-state index contributed by atoms with van der Waals surface area (Å²) in [5.74, 6) is -0.462. The number of amides is 1. The van der Waals surface area contributed by atoms with Gasteiger partial charge in [-0.05, 0) is 20.8 Å². The van der Waals surface area contributed by atoms with Crippen molar-refractivity contribution in [3.63, 3.8) is 0 Å². The van der Waals surface area contributed by atoms with Crippen molar-refractivity contribution in [3.8, 4) is 0 Å². The molecule has 0 aromatic heterocycles. The Balaban J connectivity index is -0.000000569. The molecule has 0 aromatic rings. The minimum absolute atomic E-state index is 0.0935. The molecular formula is C26H51NO21. The van der Waals surface area contributed by atoms with E-state index in [2.05, 4.69) is 5.32 Å². The number of carbonyl (C=O) groups excluding carboxylic acids is 4. The van der Waals surface area contributed by atoms with Gasteiger partial charge in [-0.3, -0.25) is 4.79 Å². The Labute approximate surface area is 274 Å². The number of aliphatic hydroxyl groups excluding tert-OH is 16. The van der Waals surface area contributed by atoms with E-state index in [1.165, 1.54) is 27.7 Å². The monoisotopic (exact) mass is 713 g/mol. The van der Waals surface area contributed by atoms with Crippen molar-refractivity contribution in [3.05, 3.63) is 0 Å². The molecule has 0 radical (unpaired) electrons. The minimum atomic E-state index is -1.65. The first kappa shape index (κ1) is 50.2. The molecule has 1 aliphatic rings. The Kier molecular flexibility index (Phi) is 26.9. The van der Waals surface area contributed by atoms with E-state index >= 15 is 0 Å². The Morgan fingerprint density at radius 1 is 0.604 bits per heavy atom. The lowest BCUT2D eigenvalue weighted by Crippen LogP contribution is -2.63. The predicted octanol–water partition coefficient (Wildman–Crippen LogP) is -10.1. The summed E-state index contributed by atoms with van der Waals surface area (Å²) >= 11 is 0. The number of hydrogen-bond donors (Lipinski definition) is 17. The van der Waals surface area contributed by atoms with E-state index in [1.54, 1.807) is 0 Å². The molecule has 1 heterocycles. The van der Waals surface area contributed by atoms with Crippen LogP contribution in [-0.4, -0.2) is 217 Å². The molecule has 17 N–H and O–H groups in total. The zero-order valence-electron chi connectivity index (χ0n) is 26.5. The zero-order valence-corrected chi connectivity index (χ0v) is 26.5. The third-order valence-electron chi connectivity index (χ3n) is 6.27. The second-order valence-corrected chi connectivity index (χ2v) is 10.5. The van der Waals surface area contributed by atoms with E-state index in [9.17, 15) is 34.5 Å². The van der Waals surface area contributed by atoms with E-state index in [0.29, 0.717) is 0 Å². The fourth-order valence-corrected chi connectivity index (χ4v) is 3.19. The van der Waals surface area contributed by atoms with Crippen LogP contribution in [0.1, 0.15) is 27.7 Å². The fraction of sp³-hybridized carbons (Fsp3) is 0.846. The molecule has 0 bridgehead atoms. The smallest absolute Gasteiger partial charge is 0.217 e. The SMILES string of the molecule is CC(=O)N[C@H]1C(O)O[C@H](CO)[C@@H](O)[C@@H]1O.C[C@H](O)[C@H](O)[C@@H](O)[C@@H](O)C=O.C[C@H](O)[C@H](O)[C@@H](O)[C@@H](O)C=O.C[C@H](O)[C@H](O)[C@@H](O)[C@@H](O)C=O. The van der Waals surface area contributed by atoms with Gasteiger partial charge in [-0.1, -0.05) is 0 Å². The van der Waals surface area contributed by atoms with Crippen molar-refractivity contribution in [2.45, 2.75) is 132 Å². The van der Waals surface area contributed by atoms with Gasteiger partial charge in [-0.25, -0.2) is 0 Å². The zero-order chi connectivity index (χ0) is 38.6. The van der Waals surface area contributed by atoms with Gasteiger partial charge < -0.3 is 106 Å². The van der Waals surface area contributed by atoms with Gasteiger partial charge in [0.25, 0.3) is 0 Å². The molecular weight excluding hydrogens is 662 g/mol. The molecule has 0 aliphatic carbocycles. The molecule has 0 aromatic carbocycles. The van der Waals surface area contributed by atoms with Crippen LogP contribution < -0.4 is 5.32 Å². The average molecular weight is 714 g/mol. The van der Waals surface area contributed by atoms with Gasteiger partial charge in [0.15, 0.2) is 25.1 Å². The maximum absolute atomic E-state index is 10.7. The third kappa shape index (κ3) is 18.5. The summed E-state index contributed by atoms with van der Waals surface area (Å²) in [4.78, 5) is 40.4. The van der Waals surface area contributed by atoms with Crippen LogP contribution in [0.5, 0.6) is 0 Å². The molecule has 1 unspecified atom stereocenters. The predicted molar refractivity (Wildman–Crippen MR) is 155 cm³/mol. The van der Waals surface area contributed by atoms with Crippen LogP contribution in [0.15, 0.2) is 0 Å². The summed E-state index contributed by atoms with van der Waals surface area (Å²) in [7, 11) is 0. The molecule has 17 atom stereocenters. The van der Waals surface area contributed by atoms with Crippen LogP contribution in [0.3, 0.4) is 0 Å². The van der Waals surface area contributed by atoms with Crippen LogP contribution in [0.25, 0.3) is 0 Å². The highest BCUT2D eigenvalue weighted by Crippen LogP contribution is 2.19. The van der Waals surface area contributed by atoms with Crippen molar-refractivity contribution in [1.29, 1.82) is 0 Å². The Morgan fingerprint density at radius 2 is 0.896 bits per heavy atom. The van der Waals surface area contributed by atoms with E-state index in [4.69, 9.17) is 71.1 Å². The van der Waals surface area contributed by atoms with Gasteiger partial charge in [-0.15, -0.1) is 0 Å². The van der Waals surface area contributed by atoms with Crippen LogP contribution in [-0.2, 0) is 23.9 Å². The van der Waals surface area contributed by atoms with E-state index in [0.717, 1.165) is 0 Å². The highest BCUT2D eigenvalue weighted by Gasteiger charge is 2.44. The first-order chi connectivity index (χ1) is 22.0. The summed E-state index contributed by atoms with van der Waals surface area (Å²) < 4.78 is 4.81. The number of nitrogens with one attached hydrogen (secondary N) is 1. The first-order valence-corrected chi connectivity index (χ1v) is 14.1. The van der Waals surface area contributed by atoms with Crippen molar-refractivity contribution in [1.82, 2.24) is 5.32 Å². The van der Waals surface area contributed by atoms with Crippen molar-refractivity contribution in [2.24, 2.45) is 0 Å². The van der Waals surface area contributed by atoms with E-state index in [-0.39, 0.29) is 18.9 Å². The average Bonchev–Trinajstić information content (AvgIpc) is 3.05. The molecule has 1 aliphatic heterocycles. The number of aliphatic hydroxyl groups is 16. The number of aldehydes is 3. The largest absolute Gasteiger partial charge is 0.394 e. The molecule has 1 fully saturated rings. The second kappa shape index (κ2) is 25.7. The molecule has 22 nitrogen and oxygen atoms in total. The lowest BCUT2D eigenvalue weighted by molar-refractivity contribution is -0.253. The highest BCUT2D eigenvalue weighted by molar-refractivity contribution is 5.73. The quantitative estimate of drug-likeness (QED) is 0.0743. The number of hydrogen-bond acceptors (Lipinski definition) is 21. The summed E-state index contributed by atoms with van der Waals surface area (Å²) in [6.07, 6.45) is -22.9. The summed E-state index contributed by atoms with van der Waals surface area (Å²) in [5, 5.41) is 145. The van der Waals surface area contributed by atoms with Gasteiger partial charge in [0.1, 0.15) is 79.3 Å². The van der Waals surface area contributed by atoms with Crippen LogP contribution in [0.4, 0.5) is 0 Å². The maximum atomic E-state index is 10.7. The Hall–Kier alpha value is -2.20. The number of carbonyl (C=O) groups is 4. The van der Waals surface area contributed by atoms with Crippen molar-refractivity contribution < 1.29 is 106 Å². The van der Waals surface area contributed by atoms with Gasteiger partial charge >= 0.3 is 0 Å². The minimum Gasteiger partial charge on any atom is -0.394 e. The Bertz CT molecular complexity index is 809. The molecule has 1 rings (SSSR count). The van der Waals surface area contributed by atoms with Crippen LogP contribution in [0.2, 0.25) is 0 Å². The van der Waals surface area contributed by atoms with Gasteiger partial charge in [-0.2, -0.15) is 0 Å². The van der Waals surface area contributed by atoms with E-state index < -0.39 is 116 Å². The van der Waals surface area contributed by atoms with Crippen LogP contribution >= 0.6 is 0 Å². The summed E-state index contributed by atoms with van der Waals surface area (Å²) in [6.45, 7) is 4.41. The molecule has 48 heavy (non-hydrogen) atoms. The van der Waals surface area contributed by atoms with Gasteiger partial charge in [0.2, 0.25) is 5.91 Å². The second-order valence-electron chi connectivity index (χ2n) is 10.5. The molecule has 286 valence electrons. The Morgan fingerprint density at radius 3 is 1.10 bits per heavy atom. The topological polar surface area (TPSA) is 413 Å². The fourth-order valence-electron chi connectivity index (χ4n) is 3.19. The standard InChI is InChI=1S/C8H15NO6.3C6H12O5/c1-3(11)9-5-7(13)6(12)4(2-10)15-8(5)14;3*1-3(8)5(10)6(11)4(9)2-7/h4-8,10,12-14H,2H2,1H3,(H,9,11);3*2-6,8-11H,1H3/t4-,5-,6-,7-,8?;3*3-,4-,5-,6-/m1000/s1. The van der Waals surface area contributed by atoms with Crippen molar-refractivity contribution in [2.75, 3.05) is 6.61 Å². The summed E-state index contributed by atoms with van der Waals surface area (Å²) in [6, 6.07) is -1.10. The summed E-state index contributed by atoms with van der Waals surface area (Å²) in [5.41, 5.74) is 0. The van der Waals surface area contributed by atoms with Gasteiger partial charge in [0.05, 0.1) is 24.9 Å².